The lowest BCUT2D eigenvalue weighted by atomic mass is 10.3. The van der Waals surface area contributed by atoms with Crippen LogP contribution in [0.2, 0.25) is 0 Å². The van der Waals surface area contributed by atoms with Gasteiger partial charge in [0.2, 0.25) is 0 Å². The van der Waals surface area contributed by atoms with Crippen LogP contribution in [-0.2, 0) is 4.74 Å². The van der Waals surface area contributed by atoms with Gasteiger partial charge in [-0.2, -0.15) is 0 Å². The highest BCUT2D eigenvalue weighted by atomic mass is 16.5. The molecule has 0 aliphatic carbocycles. The molecule has 6 nitrogen and oxygen atoms in total. The number of hydrogen-bond donors (Lipinski definition) is 2. The molecule has 0 saturated heterocycles. The number of nitrogens with one attached hydrogen (secondary N) is 1. The maximum Gasteiger partial charge on any atom is 0.330 e. The number of H-pyrrole nitrogens is 1. The smallest absolute Gasteiger partial charge is 0.330 e. The highest BCUT2D eigenvalue weighted by molar-refractivity contribution is 5.01. The highest BCUT2D eigenvalue weighted by Gasteiger charge is 2.13. The molecule has 1 aromatic rings. The van der Waals surface area contributed by atoms with Gasteiger partial charge >= 0.3 is 5.69 Å². The van der Waals surface area contributed by atoms with E-state index in [9.17, 15) is 9.59 Å². The van der Waals surface area contributed by atoms with E-state index in [1.165, 1.54) is 16.8 Å². The molecule has 0 fully saturated rings. The van der Waals surface area contributed by atoms with Gasteiger partial charge in [-0.3, -0.25) is 14.3 Å². The van der Waals surface area contributed by atoms with Crippen molar-refractivity contribution in [1.29, 1.82) is 0 Å². The number of aliphatic hydroxyl groups excluding tert-OH is 1. The van der Waals surface area contributed by atoms with Crippen molar-refractivity contribution < 1.29 is 9.84 Å². The molecule has 6 heteroatoms. The Labute approximate surface area is 98.2 Å². The van der Waals surface area contributed by atoms with Crippen LogP contribution in [0.1, 0.15) is 18.7 Å². The molecule has 17 heavy (non-hydrogen) atoms. The summed E-state index contributed by atoms with van der Waals surface area (Å²) in [5.74, 6) is 0. The molecule has 0 aromatic carbocycles. The highest BCUT2D eigenvalue weighted by Crippen LogP contribution is 2.08. The molecule has 2 atom stereocenters. The van der Waals surface area contributed by atoms with Crippen molar-refractivity contribution in [1.82, 2.24) is 9.55 Å². The van der Waals surface area contributed by atoms with E-state index >= 15 is 0 Å². The molecule has 0 saturated carbocycles. The SMILES string of the molecule is C=C[C@@H](CO)O[C@H](C)n1cc(C)c(=O)[nH]c1=O. The summed E-state index contributed by atoms with van der Waals surface area (Å²) in [6, 6.07) is 0. The number of aliphatic hydroxyl groups is 1. The monoisotopic (exact) mass is 240 g/mol. The molecule has 0 radical (unpaired) electrons. The van der Waals surface area contributed by atoms with Crippen LogP contribution < -0.4 is 11.2 Å². The second-order valence-corrected chi connectivity index (χ2v) is 3.67. The number of aryl methyl sites for hydroxylation is 1. The number of aromatic amines is 1. The molecule has 0 aliphatic rings. The first-order valence-corrected chi connectivity index (χ1v) is 5.20. The first-order chi connectivity index (χ1) is 7.99. The lowest BCUT2D eigenvalue weighted by molar-refractivity contribution is -0.0442. The maximum atomic E-state index is 11.5. The summed E-state index contributed by atoms with van der Waals surface area (Å²) in [4.78, 5) is 24.9. The molecular weight excluding hydrogens is 224 g/mol. The minimum absolute atomic E-state index is 0.217. The Hall–Kier alpha value is -1.66. The van der Waals surface area contributed by atoms with Crippen molar-refractivity contribution in [3.63, 3.8) is 0 Å². The van der Waals surface area contributed by atoms with Crippen LogP contribution in [0.4, 0.5) is 0 Å². The molecule has 0 unspecified atom stereocenters. The van der Waals surface area contributed by atoms with Crippen LogP contribution in [0.25, 0.3) is 0 Å². The van der Waals surface area contributed by atoms with Crippen molar-refractivity contribution in [3.05, 3.63) is 45.3 Å². The summed E-state index contributed by atoms with van der Waals surface area (Å²) < 4.78 is 6.64. The van der Waals surface area contributed by atoms with E-state index in [1.54, 1.807) is 13.8 Å². The number of ether oxygens (including phenoxy) is 1. The first kappa shape index (κ1) is 13.4. The summed E-state index contributed by atoms with van der Waals surface area (Å²) in [6.45, 7) is 6.53. The summed E-state index contributed by atoms with van der Waals surface area (Å²) in [6.07, 6.45) is 1.71. The Kier molecular flexibility index (Phi) is 4.42. The minimum Gasteiger partial charge on any atom is -0.393 e. The molecule has 2 N–H and O–H groups in total. The van der Waals surface area contributed by atoms with Gasteiger partial charge in [0.15, 0.2) is 0 Å². The second-order valence-electron chi connectivity index (χ2n) is 3.67. The fourth-order valence-electron chi connectivity index (χ4n) is 1.35. The fourth-order valence-corrected chi connectivity index (χ4v) is 1.35. The lowest BCUT2D eigenvalue weighted by Gasteiger charge is -2.20. The molecule has 0 spiro atoms. The van der Waals surface area contributed by atoms with Gasteiger partial charge in [0.25, 0.3) is 5.56 Å². The quantitative estimate of drug-likeness (QED) is 0.705. The van der Waals surface area contributed by atoms with E-state index in [0.717, 1.165) is 0 Å². The third kappa shape index (κ3) is 3.15. The van der Waals surface area contributed by atoms with Crippen molar-refractivity contribution in [2.24, 2.45) is 0 Å². The predicted octanol–water partition coefficient (Wildman–Crippen LogP) is -0.0730. The van der Waals surface area contributed by atoms with Gasteiger partial charge in [0.05, 0.1) is 6.61 Å². The van der Waals surface area contributed by atoms with Crippen molar-refractivity contribution in [2.45, 2.75) is 26.2 Å². The number of nitrogens with zero attached hydrogens (tertiary/aromatic N) is 1. The van der Waals surface area contributed by atoms with Crippen LogP contribution in [-0.4, -0.2) is 27.4 Å². The predicted molar refractivity (Wildman–Crippen MR) is 62.9 cm³/mol. The van der Waals surface area contributed by atoms with E-state index in [1.807, 2.05) is 0 Å². The van der Waals surface area contributed by atoms with E-state index in [4.69, 9.17) is 9.84 Å². The Morgan fingerprint density at radius 2 is 2.29 bits per heavy atom. The Bertz CT molecular complexity index is 503. The van der Waals surface area contributed by atoms with Crippen molar-refractivity contribution in [2.75, 3.05) is 6.61 Å². The molecule has 0 bridgehead atoms. The Balaban J connectivity index is 3.00. The average Bonchev–Trinajstić information content (AvgIpc) is 2.30. The molecule has 94 valence electrons. The fraction of sp³-hybridized carbons (Fsp3) is 0.455. The Morgan fingerprint density at radius 1 is 1.65 bits per heavy atom. The van der Waals surface area contributed by atoms with Crippen molar-refractivity contribution in [3.8, 4) is 0 Å². The normalized spacial score (nSPS) is 14.3. The lowest BCUT2D eigenvalue weighted by Crippen LogP contribution is -2.34. The number of rotatable bonds is 5. The van der Waals surface area contributed by atoms with Crippen LogP contribution in [0.5, 0.6) is 0 Å². The van der Waals surface area contributed by atoms with Crippen molar-refractivity contribution >= 4 is 0 Å². The third-order valence-corrected chi connectivity index (χ3v) is 2.35. The largest absolute Gasteiger partial charge is 0.393 e. The summed E-state index contributed by atoms with van der Waals surface area (Å²) >= 11 is 0. The van der Waals surface area contributed by atoms with Crippen LogP contribution in [0.3, 0.4) is 0 Å². The van der Waals surface area contributed by atoms with Gasteiger partial charge in [-0.1, -0.05) is 6.08 Å². The first-order valence-electron chi connectivity index (χ1n) is 5.20. The zero-order valence-electron chi connectivity index (χ0n) is 9.84. The topological polar surface area (TPSA) is 84.3 Å². The standard InChI is InChI=1S/C11H16N2O4/c1-4-9(6-14)17-8(3)13-5-7(2)10(15)12-11(13)16/h4-5,8-9,14H,1,6H2,2-3H3,(H,12,15,16)/t8-,9+/m1/s1. The number of hydrogen-bond acceptors (Lipinski definition) is 4. The Morgan fingerprint density at radius 3 is 2.82 bits per heavy atom. The van der Waals surface area contributed by atoms with Crippen LogP contribution >= 0.6 is 0 Å². The average molecular weight is 240 g/mol. The molecule has 1 rings (SSSR count). The summed E-state index contributed by atoms with van der Waals surface area (Å²) in [7, 11) is 0. The summed E-state index contributed by atoms with van der Waals surface area (Å²) in [5.41, 5.74) is -0.547. The zero-order valence-corrected chi connectivity index (χ0v) is 9.84. The van der Waals surface area contributed by atoms with Crippen LogP contribution in [0, 0.1) is 6.92 Å². The van der Waals surface area contributed by atoms with Crippen LogP contribution in [0.15, 0.2) is 28.4 Å². The summed E-state index contributed by atoms with van der Waals surface area (Å²) in [5, 5.41) is 8.95. The minimum atomic E-state index is -0.604. The molecule has 1 aromatic heterocycles. The van der Waals surface area contributed by atoms with Gasteiger partial charge in [-0.25, -0.2) is 4.79 Å². The van der Waals surface area contributed by atoms with E-state index in [0.29, 0.717) is 5.56 Å². The maximum absolute atomic E-state index is 11.5. The van der Waals surface area contributed by atoms with Gasteiger partial charge in [-0.15, -0.1) is 6.58 Å². The zero-order chi connectivity index (χ0) is 13.0. The van der Waals surface area contributed by atoms with E-state index < -0.39 is 23.6 Å². The van der Waals surface area contributed by atoms with E-state index in [2.05, 4.69) is 11.6 Å². The van der Waals surface area contributed by atoms with Gasteiger partial charge in [-0.05, 0) is 13.8 Å². The second kappa shape index (κ2) is 5.60. The van der Waals surface area contributed by atoms with E-state index in [-0.39, 0.29) is 6.61 Å². The van der Waals surface area contributed by atoms with Gasteiger partial charge < -0.3 is 9.84 Å². The molecule has 0 amide bonds. The van der Waals surface area contributed by atoms with Gasteiger partial charge in [0.1, 0.15) is 12.3 Å². The van der Waals surface area contributed by atoms with Gasteiger partial charge in [0, 0.05) is 11.8 Å². The molecular formula is C11H16N2O4. The third-order valence-electron chi connectivity index (χ3n) is 2.35. The molecule has 0 aliphatic heterocycles. The number of aromatic nitrogens is 2. The molecule has 1 heterocycles.